The number of benzene rings is 3. The largest absolute Gasteiger partial charge is 0.493 e. The molecular formula is C23H16Cl2N2O4. The van der Waals surface area contributed by atoms with Crippen molar-refractivity contribution in [3.63, 3.8) is 0 Å². The van der Waals surface area contributed by atoms with Gasteiger partial charge in [-0.05, 0) is 59.2 Å². The number of rotatable bonds is 7. The zero-order valence-corrected chi connectivity index (χ0v) is 17.9. The van der Waals surface area contributed by atoms with Crippen LogP contribution in [0.15, 0.2) is 60.7 Å². The molecule has 0 aliphatic heterocycles. The van der Waals surface area contributed by atoms with Gasteiger partial charge in [-0.2, -0.15) is 5.26 Å². The lowest BCUT2D eigenvalue weighted by Crippen LogP contribution is -1.99. The van der Waals surface area contributed by atoms with Crippen molar-refractivity contribution in [2.75, 3.05) is 7.11 Å². The van der Waals surface area contributed by atoms with Gasteiger partial charge in [-0.15, -0.1) is 0 Å². The van der Waals surface area contributed by atoms with Crippen molar-refractivity contribution < 1.29 is 14.4 Å². The van der Waals surface area contributed by atoms with Crippen molar-refractivity contribution in [2.24, 2.45) is 0 Å². The highest BCUT2D eigenvalue weighted by Crippen LogP contribution is 2.38. The van der Waals surface area contributed by atoms with E-state index in [1.54, 1.807) is 30.3 Å². The fourth-order valence-corrected chi connectivity index (χ4v) is 3.21. The van der Waals surface area contributed by atoms with Crippen LogP contribution >= 0.6 is 23.2 Å². The van der Waals surface area contributed by atoms with E-state index in [2.05, 4.69) is 6.07 Å². The predicted octanol–water partition coefficient (Wildman–Crippen LogP) is 6.55. The van der Waals surface area contributed by atoms with E-state index in [-0.39, 0.29) is 12.3 Å². The van der Waals surface area contributed by atoms with Crippen LogP contribution in [0.25, 0.3) is 11.6 Å². The van der Waals surface area contributed by atoms with Crippen LogP contribution in [0, 0.1) is 21.4 Å². The van der Waals surface area contributed by atoms with Crippen LogP contribution in [-0.4, -0.2) is 12.0 Å². The maximum Gasteiger partial charge on any atom is 0.269 e. The fourth-order valence-electron chi connectivity index (χ4n) is 2.81. The summed E-state index contributed by atoms with van der Waals surface area (Å²) in [6, 6.07) is 18.5. The summed E-state index contributed by atoms with van der Waals surface area (Å²) in [4.78, 5) is 10.3. The zero-order chi connectivity index (χ0) is 22.4. The molecule has 0 saturated heterocycles. The molecule has 0 unspecified atom stereocenters. The summed E-state index contributed by atoms with van der Waals surface area (Å²) in [5.41, 5.74) is 2.36. The number of hydrogen-bond acceptors (Lipinski definition) is 5. The molecule has 0 amide bonds. The van der Waals surface area contributed by atoms with Crippen LogP contribution in [-0.2, 0) is 6.61 Å². The van der Waals surface area contributed by atoms with Gasteiger partial charge in [0.15, 0.2) is 11.5 Å². The topological polar surface area (TPSA) is 85.4 Å². The number of nitriles is 1. The molecule has 0 radical (unpaired) electrons. The minimum absolute atomic E-state index is 0.0482. The first-order chi connectivity index (χ1) is 14.9. The van der Waals surface area contributed by atoms with E-state index in [1.165, 1.54) is 31.4 Å². The Morgan fingerprint density at radius 2 is 1.81 bits per heavy atom. The summed E-state index contributed by atoms with van der Waals surface area (Å²) >= 11 is 12.3. The van der Waals surface area contributed by atoms with Gasteiger partial charge < -0.3 is 9.47 Å². The van der Waals surface area contributed by atoms with Crippen molar-refractivity contribution in [2.45, 2.75) is 6.61 Å². The number of ether oxygens (including phenoxy) is 2. The standard InChI is InChI=1S/C23H16Cl2N2O4/c1-30-22-12-16(10-18(13-26)17-4-8-20(9-5-17)27(28)29)11-21(25)23(22)31-14-15-2-6-19(24)7-3-15/h2-12H,14H2,1H3/b18-10-. The molecule has 0 heterocycles. The van der Waals surface area contributed by atoms with Gasteiger partial charge >= 0.3 is 0 Å². The molecule has 0 N–H and O–H groups in total. The van der Waals surface area contributed by atoms with E-state index in [1.807, 2.05) is 12.1 Å². The third-order valence-electron chi connectivity index (χ3n) is 4.37. The van der Waals surface area contributed by atoms with E-state index < -0.39 is 4.92 Å². The Labute approximate surface area is 189 Å². The van der Waals surface area contributed by atoms with Crippen LogP contribution in [0.2, 0.25) is 10.0 Å². The Kier molecular flexibility index (Phi) is 7.14. The van der Waals surface area contributed by atoms with Crippen molar-refractivity contribution in [3.05, 3.63) is 97.5 Å². The molecule has 0 aliphatic carbocycles. The molecular weight excluding hydrogens is 439 g/mol. The smallest absolute Gasteiger partial charge is 0.269 e. The molecule has 0 aromatic heterocycles. The molecule has 0 aliphatic rings. The fraction of sp³-hybridized carbons (Fsp3) is 0.0870. The van der Waals surface area contributed by atoms with Crippen molar-refractivity contribution in [1.29, 1.82) is 5.26 Å². The summed E-state index contributed by atoms with van der Waals surface area (Å²) in [6.07, 6.45) is 1.62. The second-order valence-corrected chi connectivity index (χ2v) is 7.27. The maximum absolute atomic E-state index is 10.8. The summed E-state index contributed by atoms with van der Waals surface area (Å²) in [6.45, 7) is 0.272. The van der Waals surface area contributed by atoms with Crippen molar-refractivity contribution in [1.82, 2.24) is 0 Å². The average Bonchev–Trinajstić information content (AvgIpc) is 2.77. The molecule has 3 rings (SSSR count). The molecule has 3 aromatic carbocycles. The molecule has 0 bridgehead atoms. The van der Waals surface area contributed by atoms with E-state index in [0.717, 1.165) is 5.56 Å². The third kappa shape index (κ3) is 5.54. The van der Waals surface area contributed by atoms with Gasteiger partial charge in [0.25, 0.3) is 5.69 Å². The number of methoxy groups -OCH3 is 1. The van der Waals surface area contributed by atoms with Crippen molar-refractivity contribution in [3.8, 4) is 17.6 Å². The number of nitrogens with zero attached hydrogens (tertiary/aromatic N) is 2. The van der Waals surface area contributed by atoms with Crippen LogP contribution in [0.3, 0.4) is 0 Å². The maximum atomic E-state index is 10.8. The lowest BCUT2D eigenvalue weighted by molar-refractivity contribution is -0.384. The molecule has 6 nitrogen and oxygen atoms in total. The monoisotopic (exact) mass is 454 g/mol. The summed E-state index contributed by atoms with van der Waals surface area (Å²) in [7, 11) is 1.50. The third-order valence-corrected chi connectivity index (χ3v) is 4.90. The van der Waals surface area contributed by atoms with E-state index in [0.29, 0.717) is 38.2 Å². The Balaban J connectivity index is 1.87. The quantitative estimate of drug-likeness (QED) is 0.174. The lowest BCUT2D eigenvalue weighted by Gasteiger charge is -2.14. The van der Waals surface area contributed by atoms with E-state index >= 15 is 0 Å². The van der Waals surface area contributed by atoms with E-state index in [4.69, 9.17) is 32.7 Å². The summed E-state index contributed by atoms with van der Waals surface area (Å²) < 4.78 is 11.3. The highest BCUT2D eigenvalue weighted by atomic mass is 35.5. The molecule has 0 fully saturated rings. The van der Waals surface area contributed by atoms with Crippen LogP contribution < -0.4 is 9.47 Å². The van der Waals surface area contributed by atoms with E-state index in [9.17, 15) is 15.4 Å². The average molecular weight is 455 g/mol. The Morgan fingerprint density at radius 1 is 1.13 bits per heavy atom. The van der Waals surface area contributed by atoms with Gasteiger partial charge in [0.2, 0.25) is 0 Å². The van der Waals surface area contributed by atoms with Gasteiger partial charge in [-0.1, -0.05) is 35.3 Å². The molecule has 156 valence electrons. The molecule has 0 spiro atoms. The number of nitro groups is 1. The zero-order valence-electron chi connectivity index (χ0n) is 16.3. The number of nitro benzene ring substituents is 1. The van der Waals surface area contributed by atoms with Crippen LogP contribution in [0.5, 0.6) is 11.5 Å². The number of non-ortho nitro benzene ring substituents is 1. The van der Waals surface area contributed by atoms with Gasteiger partial charge in [0, 0.05) is 17.2 Å². The Hall–Kier alpha value is -3.53. The summed E-state index contributed by atoms with van der Waals surface area (Å²) in [5, 5.41) is 21.3. The molecule has 3 aromatic rings. The number of hydrogen-bond donors (Lipinski definition) is 0. The minimum atomic E-state index is -0.493. The first kappa shape index (κ1) is 22.2. The number of allylic oxidation sites excluding steroid dienone is 1. The first-order valence-electron chi connectivity index (χ1n) is 9.02. The second kappa shape index (κ2) is 9.98. The minimum Gasteiger partial charge on any atom is -0.493 e. The molecule has 0 atom stereocenters. The highest BCUT2D eigenvalue weighted by Gasteiger charge is 2.13. The normalized spacial score (nSPS) is 11.0. The highest BCUT2D eigenvalue weighted by molar-refractivity contribution is 6.32. The van der Waals surface area contributed by atoms with Gasteiger partial charge in [-0.3, -0.25) is 10.1 Å². The predicted molar refractivity (Wildman–Crippen MR) is 120 cm³/mol. The van der Waals surface area contributed by atoms with Crippen molar-refractivity contribution >= 4 is 40.5 Å². The lowest BCUT2D eigenvalue weighted by atomic mass is 10.0. The Morgan fingerprint density at radius 3 is 2.39 bits per heavy atom. The van der Waals surface area contributed by atoms with Crippen LogP contribution in [0.4, 0.5) is 5.69 Å². The SMILES string of the molecule is COc1cc(/C=C(/C#N)c2ccc([N+](=O)[O-])cc2)cc(Cl)c1OCc1ccc(Cl)cc1. The molecule has 0 saturated carbocycles. The second-order valence-electron chi connectivity index (χ2n) is 6.42. The Bertz CT molecular complexity index is 1170. The van der Waals surface area contributed by atoms with Gasteiger partial charge in [0.05, 0.1) is 28.7 Å². The van der Waals surface area contributed by atoms with Gasteiger partial charge in [0.1, 0.15) is 6.61 Å². The summed E-state index contributed by atoms with van der Waals surface area (Å²) in [5.74, 6) is 0.791. The molecule has 31 heavy (non-hydrogen) atoms. The first-order valence-corrected chi connectivity index (χ1v) is 9.78. The number of halogens is 2. The van der Waals surface area contributed by atoms with Crippen LogP contribution in [0.1, 0.15) is 16.7 Å². The van der Waals surface area contributed by atoms with Gasteiger partial charge in [-0.25, -0.2) is 0 Å². The molecule has 8 heteroatoms.